The second-order valence-electron chi connectivity index (χ2n) is 7.19. The average Bonchev–Trinajstić information content (AvgIpc) is 3.27. The van der Waals surface area contributed by atoms with Crippen LogP contribution in [0.5, 0.6) is 0 Å². The minimum atomic E-state index is 0.0674. The third kappa shape index (κ3) is 3.12. The number of likely N-dealkylation sites (tertiary alicyclic amines) is 2. The first kappa shape index (κ1) is 17.2. The molecule has 1 amide bonds. The van der Waals surface area contributed by atoms with Crippen LogP contribution in [-0.4, -0.2) is 69.4 Å². The van der Waals surface area contributed by atoms with Gasteiger partial charge in [-0.15, -0.1) is 0 Å². The van der Waals surface area contributed by atoms with Gasteiger partial charge in [0.25, 0.3) is 5.91 Å². The molecule has 0 bridgehead atoms. The van der Waals surface area contributed by atoms with Crippen LogP contribution in [0.2, 0.25) is 0 Å². The van der Waals surface area contributed by atoms with E-state index in [1.165, 1.54) is 5.56 Å². The zero-order valence-corrected chi connectivity index (χ0v) is 15.3. The number of aryl methyl sites for hydroxylation is 1. The van der Waals surface area contributed by atoms with E-state index in [9.17, 15) is 4.79 Å². The maximum Gasteiger partial charge on any atom is 0.272 e. The third-order valence-corrected chi connectivity index (χ3v) is 5.67. The molecule has 4 heterocycles. The van der Waals surface area contributed by atoms with E-state index in [-0.39, 0.29) is 18.1 Å². The number of fused-ring (bicyclic) bond motifs is 1. The van der Waals surface area contributed by atoms with E-state index in [1.807, 2.05) is 24.2 Å². The van der Waals surface area contributed by atoms with E-state index in [0.717, 1.165) is 32.6 Å². The fourth-order valence-corrected chi connectivity index (χ4v) is 4.39. The van der Waals surface area contributed by atoms with Gasteiger partial charge in [-0.05, 0) is 24.1 Å². The van der Waals surface area contributed by atoms with Gasteiger partial charge < -0.3 is 9.64 Å². The van der Waals surface area contributed by atoms with Crippen molar-refractivity contribution in [3.8, 4) is 0 Å². The number of aromatic nitrogens is 3. The zero-order chi connectivity index (χ0) is 18.1. The Morgan fingerprint density at radius 1 is 1.31 bits per heavy atom. The van der Waals surface area contributed by atoms with Crippen molar-refractivity contribution < 1.29 is 9.53 Å². The van der Waals surface area contributed by atoms with Crippen molar-refractivity contribution in [3.05, 3.63) is 48.0 Å². The number of pyridine rings is 1. The highest BCUT2D eigenvalue weighted by Crippen LogP contribution is 2.34. The Labute approximate surface area is 153 Å². The molecule has 0 spiro atoms. The van der Waals surface area contributed by atoms with Crippen molar-refractivity contribution in [2.75, 3.05) is 26.7 Å². The Morgan fingerprint density at radius 3 is 2.88 bits per heavy atom. The summed E-state index contributed by atoms with van der Waals surface area (Å²) < 4.78 is 7.41. The highest BCUT2D eigenvalue weighted by atomic mass is 16.5. The zero-order valence-electron chi connectivity index (χ0n) is 15.3. The topological polar surface area (TPSA) is 63.5 Å². The van der Waals surface area contributed by atoms with Crippen molar-refractivity contribution in [2.45, 2.75) is 25.1 Å². The molecule has 2 saturated heterocycles. The maximum atomic E-state index is 13.1. The van der Waals surface area contributed by atoms with Gasteiger partial charge in [0.2, 0.25) is 0 Å². The number of piperidine rings is 1. The molecule has 138 valence electrons. The summed E-state index contributed by atoms with van der Waals surface area (Å²) in [6.07, 6.45) is 6.46. The highest BCUT2D eigenvalue weighted by molar-refractivity contribution is 5.92. The predicted molar refractivity (Wildman–Crippen MR) is 96.5 cm³/mol. The first-order valence-electron chi connectivity index (χ1n) is 9.10. The summed E-state index contributed by atoms with van der Waals surface area (Å²) >= 11 is 0. The lowest BCUT2D eigenvalue weighted by molar-refractivity contribution is -0.0160. The number of carbonyl (C=O) groups excluding carboxylic acids is 1. The van der Waals surface area contributed by atoms with Crippen molar-refractivity contribution in [3.63, 3.8) is 0 Å². The highest BCUT2D eigenvalue weighted by Gasteiger charge is 2.46. The monoisotopic (exact) mass is 355 g/mol. The number of amides is 1. The molecule has 0 aliphatic carbocycles. The number of ether oxygens (including phenoxy) is 1. The lowest BCUT2D eigenvalue weighted by Crippen LogP contribution is -2.53. The van der Waals surface area contributed by atoms with E-state index < -0.39 is 0 Å². The molecule has 2 aliphatic heterocycles. The molecule has 0 aromatic carbocycles. The number of nitrogens with zero attached hydrogens (tertiary/aromatic N) is 5. The molecular weight excluding hydrogens is 330 g/mol. The molecule has 26 heavy (non-hydrogen) atoms. The van der Waals surface area contributed by atoms with Crippen LogP contribution in [0.4, 0.5) is 0 Å². The van der Waals surface area contributed by atoms with Crippen LogP contribution >= 0.6 is 0 Å². The molecule has 0 saturated carbocycles. The van der Waals surface area contributed by atoms with Gasteiger partial charge in [0.15, 0.2) is 0 Å². The van der Waals surface area contributed by atoms with Crippen molar-refractivity contribution in [2.24, 2.45) is 13.0 Å². The van der Waals surface area contributed by atoms with Crippen LogP contribution in [0, 0.1) is 5.92 Å². The molecule has 2 fully saturated rings. The number of rotatable bonds is 4. The van der Waals surface area contributed by atoms with E-state index in [1.54, 1.807) is 30.3 Å². The van der Waals surface area contributed by atoms with Crippen LogP contribution in [0.1, 0.15) is 22.5 Å². The summed E-state index contributed by atoms with van der Waals surface area (Å²) in [6, 6.07) is 6.03. The van der Waals surface area contributed by atoms with Crippen LogP contribution in [0.3, 0.4) is 0 Å². The molecule has 4 rings (SSSR count). The summed E-state index contributed by atoms with van der Waals surface area (Å²) in [5.41, 5.74) is 1.84. The molecule has 0 radical (unpaired) electrons. The van der Waals surface area contributed by atoms with E-state index >= 15 is 0 Å². The summed E-state index contributed by atoms with van der Waals surface area (Å²) in [5, 5.41) is 4.15. The van der Waals surface area contributed by atoms with Crippen LogP contribution < -0.4 is 0 Å². The molecule has 2 aromatic heterocycles. The van der Waals surface area contributed by atoms with E-state index in [2.05, 4.69) is 21.0 Å². The van der Waals surface area contributed by atoms with Crippen molar-refractivity contribution in [1.29, 1.82) is 0 Å². The van der Waals surface area contributed by atoms with Crippen LogP contribution in [-0.2, 0) is 18.3 Å². The fraction of sp³-hybridized carbons (Fsp3) is 0.526. The van der Waals surface area contributed by atoms with Gasteiger partial charge in [-0.3, -0.25) is 19.4 Å². The number of carbonyl (C=O) groups is 1. The quantitative estimate of drug-likeness (QED) is 0.824. The lowest BCUT2D eigenvalue weighted by Gasteiger charge is -2.41. The van der Waals surface area contributed by atoms with Gasteiger partial charge in [-0.2, -0.15) is 5.10 Å². The van der Waals surface area contributed by atoms with E-state index in [4.69, 9.17) is 4.74 Å². The average molecular weight is 355 g/mol. The normalized spacial score (nSPS) is 26.1. The number of methoxy groups -OCH3 is 1. The first-order chi connectivity index (χ1) is 12.7. The minimum Gasteiger partial charge on any atom is -0.381 e. The molecular formula is C19H25N5O2. The molecule has 0 unspecified atom stereocenters. The first-order valence-corrected chi connectivity index (χ1v) is 9.10. The van der Waals surface area contributed by atoms with Crippen molar-refractivity contribution in [1.82, 2.24) is 24.6 Å². The summed E-state index contributed by atoms with van der Waals surface area (Å²) in [4.78, 5) is 21.7. The second-order valence-corrected chi connectivity index (χ2v) is 7.19. The van der Waals surface area contributed by atoms with E-state index in [0.29, 0.717) is 11.6 Å². The van der Waals surface area contributed by atoms with Gasteiger partial charge in [-0.1, -0.05) is 6.07 Å². The minimum absolute atomic E-state index is 0.0674. The largest absolute Gasteiger partial charge is 0.381 e. The Bertz CT molecular complexity index is 762. The fourth-order valence-electron chi connectivity index (χ4n) is 4.39. The summed E-state index contributed by atoms with van der Waals surface area (Å²) in [7, 11) is 3.60. The summed E-state index contributed by atoms with van der Waals surface area (Å²) in [6.45, 7) is 3.38. The van der Waals surface area contributed by atoms with Gasteiger partial charge in [0.05, 0.1) is 12.1 Å². The van der Waals surface area contributed by atoms with Crippen LogP contribution in [0.25, 0.3) is 0 Å². The summed E-state index contributed by atoms with van der Waals surface area (Å²) in [5.74, 6) is 0.403. The third-order valence-electron chi connectivity index (χ3n) is 5.67. The molecule has 0 N–H and O–H groups in total. The Hall–Kier alpha value is -2.25. The predicted octanol–water partition coefficient (Wildman–Crippen LogP) is 1.18. The van der Waals surface area contributed by atoms with Crippen molar-refractivity contribution >= 4 is 5.91 Å². The van der Waals surface area contributed by atoms with Gasteiger partial charge >= 0.3 is 0 Å². The maximum absolute atomic E-state index is 13.1. The smallest absolute Gasteiger partial charge is 0.272 e. The Morgan fingerprint density at radius 2 is 2.19 bits per heavy atom. The molecule has 2 aromatic rings. The molecule has 7 heteroatoms. The van der Waals surface area contributed by atoms with Gasteiger partial charge in [-0.25, -0.2) is 0 Å². The van der Waals surface area contributed by atoms with Gasteiger partial charge in [0.1, 0.15) is 5.69 Å². The number of hydrogen-bond donors (Lipinski definition) is 0. The SMILES string of the molecule is CO[C@H]1CCN(C(=O)c2ccnn2C)[C@@H]2CN(Cc3cccnc3)C[C@H]12. The lowest BCUT2D eigenvalue weighted by atomic mass is 9.88. The molecule has 3 atom stereocenters. The number of hydrogen-bond acceptors (Lipinski definition) is 5. The Balaban J connectivity index is 1.54. The van der Waals surface area contributed by atoms with Gasteiger partial charge in [0, 0.05) is 64.8 Å². The Kier molecular flexibility index (Phi) is 4.74. The molecule has 2 aliphatic rings. The molecule has 7 nitrogen and oxygen atoms in total. The standard InChI is InChI=1S/C19H25N5O2/c1-22-16(5-8-21-22)19(25)24-9-6-18(26-2)15-12-23(13-17(15)24)11-14-4-3-7-20-10-14/h3-5,7-8,10,15,17-18H,6,9,11-13H2,1-2H3/t15-,17+,18-/m0/s1. The second kappa shape index (κ2) is 7.17. The van der Waals surface area contributed by atoms with Crippen LogP contribution in [0.15, 0.2) is 36.8 Å².